The van der Waals surface area contributed by atoms with Gasteiger partial charge in [0.15, 0.2) is 5.17 Å². The first-order valence-corrected chi connectivity index (χ1v) is 5.40. The minimum Gasteiger partial charge on any atom is -0.382 e. The van der Waals surface area contributed by atoms with Crippen LogP contribution in [-0.4, -0.2) is 43.6 Å². The van der Waals surface area contributed by atoms with E-state index in [2.05, 4.69) is 10.2 Å². The summed E-state index contributed by atoms with van der Waals surface area (Å²) < 4.78 is 10.2. The molecule has 14 heavy (non-hydrogen) atoms. The molecule has 1 heterocycles. The molecule has 0 spiro atoms. The summed E-state index contributed by atoms with van der Waals surface area (Å²) in [5, 5.41) is 8.30. The number of hydrogen-bond donors (Lipinski definition) is 1. The first-order valence-electron chi connectivity index (χ1n) is 4.41. The lowest BCUT2D eigenvalue weighted by molar-refractivity contribution is 0.0743. The van der Waals surface area contributed by atoms with Crippen molar-refractivity contribution < 1.29 is 9.47 Å². The highest BCUT2D eigenvalue weighted by Gasteiger charge is 2.07. The van der Waals surface area contributed by atoms with E-state index in [9.17, 15) is 0 Å². The van der Waals surface area contributed by atoms with Gasteiger partial charge >= 0.3 is 0 Å². The van der Waals surface area contributed by atoms with Crippen LogP contribution in [0.25, 0.3) is 0 Å². The van der Waals surface area contributed by atoms with Crippen LogP contribution in [0.3, 0.4) is 0 Å². The number of rotatable bonds is 6. The standard InChI is InChI=1S/C8H15N3O2S/c1-12-4-5-13-3-2-7-6-14-8(9)11-10-7/h2-6H2,1H3,(H2,9,11). The smallest absolute Gasteiger partial charge is 0.180 e. The molecule has 2 N–H and O–H groups in total. The molecule has 0 unspecified atom stereocenters. The molecule has 0 amide bonds. The molecule has 1 aliphatic rings. The Labute approximate surface area is 87.7 Å². The van der Waals surface area contributed by atoms with Gasteiger partial charge in [-0.2, -0.15) is 5.10 Å². The zero-order valence-electron chi connectivity index (χ0n) is 8.23. The van der Waals surface area contributed by atoms with Crippen molar-refractivity contribution in [3.8, 4) is 0 Å². The van der Waals surface area contributed by atoms with Crippen LogP contribution in [0.2, 0.25) is 0 Å². The van der Waals surface area contributed by atoms with E-state index >= 15 is 0 Å². The molecule has 80 valence electrons. The number of ether oxygens (including phenoxy) is 2. The zero-order valence-corrected chi connectivity index (χ0v) is 9.05. The van der Waals surface area contributed by atoms with Gasteiger partial charge in [-0.1, -0.05) is 11.8 Å². The lowest BCUT2D eigenvalue weighted by Crippen LogP contribution is -2.17. The second-order valence-electron chi connectivity index (χ2n) is 2.75. The Morgan fingerprint density at radius 3 is 2.86 bits per heavy atom. The van der Waals surface area contributed by atoms with E-state index in [0.717, 1.165) is 17.9 Å². The SMILES string of the molecule is COCCOCCC1=NN=C(N)SC1. The monoisotopic (exact) mass is 217 g/mol. The van der Waals surface area contributed by atoms with Crippen molar-refractivity contribution in [1.82, 2.24) is 0 Å². The van der Waals surface area contributed by atoms with Crippen LogP contribution in [0.5, 0.6) is 0 Å². The van der Waals surface area contributed by atoms with Gasteiger partial charge in [0.2, 0.25) is 0 Å². The van der Waals surface area contributed by atoms with Gasteiger partial charge < -0.3 is 15.2 Å². The maximum atomic E-state index is 5.45. The summed E-state index contributed by atoms with van der Waals surface area (Å²) in [5.41, 5.74) is 6.48. The van der Waals surface area contributed by atoms with Crippen molar-refractivity contribution in [2.75, 3.05) is 32.7 Å². The Hall–Kier alpha value is -0.590. The quantitative estimate of drug-likeness (QED) is 0.656. The molecule has 0 aliphatic carbocycles. The minimum absolute atomic E-state index is 0.536. The van der Waals surface area contributed by atoms with Crippen LogP contribution < -0.4 is 5.73 Å². The molecule has 0 saturated heterocycles. The summed E-state index contributed by atoms with van der Waals surface area (Å²) in [6.07, 6.45) is 0.813. The molecular formula is C8H15N3O2S. The van der Waals surface area contributed by atoms with Crippen LogP contribution in [0.4, 0.5) is 0 Å². The van der Waals surface area contributed by atoms with Gasteiger partial charge in [0.05, 0.1) is 25.5 Å². The molecule has 5 nitrogen and oxygen atoms in total. The molecule has 0 aromatic carbocycles. The summed E-state index contributed by atoms with van der Waals surface area (Å²) >= 11 is 1.51. The zero-order chi connectivity index (χ0) is 10.2. The van der Waals surface area contributed by atoms with Crippen molar-refractivity contribution in [3.05, 3.63) is 0 Å². The topological polar surface area (TPSA) is 69.2 Å². The normalized spacial score (nSPS) is 16.4. The first-order chi connectivity index (χ1) is 6.83. The van der Waals surface area contributed by atoms with Crippen molar-refractivity contribution >= 4 is 22.6 Å². The largest absolute Gasteiger partial charge is 0.382 e. The van der Waals surface area contributed by atoms with Crippen molar-refractivity contribution in [1.29, 1.82) is 0 Å². The summed E-state index contributed by atoms with van der Waals surface area (Å²) in [4.78, 5) is 0. The Kier molecular flexibility index (Phi) is 5.58. The van der Waals surface area contributed by atoms with Gasteiger partial charge in [0, 0.05) is 19.3 Å². The molecule has 0 aromatic heterocycles. The number of methoxy groups -OCH3 is 1. The predicted molar refractivity (Wildman–Crippen MR) is 58.8 cm³/mol. The number of nitrogens with zero attached hydrogens (tertiary/aromatic N) is 2. The fraction of sp³-hybridized carbons (Fsp3) is 0.750. The molecule has 0 atom stereocenters. The summed E-state index contributed by atoms with van der Waals surface area (Å²) in [6, 6.07) is 0. The molecule has 0 radical (unpaired) electrons. The molecule has 0 aromatic rings. The maximum absolute atomic E-state index is 5.45. The average Bonchev–Trinajstić information content (AvgIpc) is 2.21. The van der Waals surface area contributed by atoms with Gasteiger partial charge in [-0.05, 0) is 0 Å². The third-order valence-electron chi connectivity index (χ3n) is 1.64. The van der Waals surface area contributed by atoms with Crippen molar-refractivity contribution in [2.45, 2.75) is 6.42 Å². The fourth-order valence-corrected chi connectivity index (χ4v) is 1.51. The molecule has 1 aliphatic heterocycles. The highest BCUT2D eigenvalue weighted by molar-refractivity contribution is 8.14. The van der Waals surface area contributed by atoms with E-state index in [0.29, 0.717) is 25.0 Å². The molecule has 1 rings (SSSR count). The first kappa shape index (κ1) is 11.5. The Morgan fingerprint density at radius 1 is 1.36 bits per heavy atom. The fourth-order valence-electron chi connectivity index (χ4n) is 0.891. The minimum atomic E-state index is 0.536. The third kappa shape index (κ3) is 4.59. The van der Waals surface area contributed by atoms with E-state index in [4.69, 9.17) is 15.2 Å². The Balaban J connectivity index is 2.07. The summed E-state index contributed by atoms with van der Waals surface area (Å²) in [6.45, 7) is 1.92. The predicted octanol–water partition coefficient (Wildman–Crippen LogP) is 0.457. The molecule has 6 heteroatoms. The van der Waals surface area contributed by atoms with E-state index in [1.54, 1.807) is 7.11 Å². The number of thioether (sulfide) groups is 1. The lowest BCUT2D eigenvalue weighted by Gasteiger charge is -2.08. The van der Waals surface area contributed by atoms with Crippen LogP contribution >= 0.6 is 11.8 Å². The molecule has 0 fully saturated rings. The summed E-state index contributed by atoms with van der Waals surface area (Å²) in [5.74, 6) is 0.822. The summed E-state index contributed by atoms with van der Waals surface area (Å²) in [7, 11) is 1.66. The molecular weight excluding hydrogens is 202 g/mol. The van der Waals surface area contributed by atoms with Crippen molar-refractivity contribution in [2.24, 2.45) is 15.9 Å². The van der Waals surface area contributed by atoms with Crippen LogP contribution in [0, 0.1) is 0 Å². The number of nitrogens with two attached hydrogens (primary N) is 1. The molecule has 0 saturated carbocycles. The highest BCUT2D eigenvalue weighted by Crippen LogP contribution is 2.09. The number of hydrogen-bond acceptors (Lipinski definition) is 6. The van der Waals surface area contributed by atoms with Gasteiger partial charge in [0.1, 0.15) is 0 Å². The highest BCUT2D eigenvalue weighted by atomic mass is 32.2. The molecule has 0 bridgehead atoms. The van der Waals surface area contributed by atoms with Gasteiger partial charge in [-0.25, -0.2) is 0 Å². The second kappa shape index (κ2) is 6.80. The van der Waals surface area contributed by atoms with Crippen LogP contribution in [-0.2, 0) is 9.47 Å². The van der Waals surface area contributed by atoms with Crippen molar-refractivity contribution in [3.63, 3.8) is 0 Å². The van der Waals surface area contributed by atoms with Gasteiger partial charge in [-0.3, -0.25) is 0 Å². The Bertz CT molecular complexity index is 231. The maximum Gasteiger partial charge on any atom is 0.180 e. The van der Waals surface area contributed by atoms with Crippen LogP contribution in [0.15, 0.2) is 10.2 Å². The van der Waals surface area contributed by atoms with Crippen LogP contribution in [0.1, 0.15) is 6.42 Å². The van der Waals surface area contributed by atoms with E-state index in [1.807, 2.05) is 0 Å². The second-order valence-corrected chi connectivity index (χ2v) is 3.74. The third-order valence-corrected chi connectivity index (χ3v) is 2.50. The average molecular weight is 217 g/mol. The number of amidine groups is 1. The van der Waals surface area contributed by atoms with E-state index in [1.165, 1.54) is 11.8 Å². The van der Waals surface area contributed by atoms with E-state index in [-0.39, 0.29) is 0 Å². The van der Waals surface area contributed by atoms with Gasteiger partial charge in [0.25, 0.3) is 0 Å². The van der Waals surface area contributed by atoms with Gasteiger partial charge in [-0.15, -0.1) is 5.10 Å². The van der Waals surface area contributed by atoms with E-state index < -0.39 is 0 Å². The Morgan fingerprint density at radius 2 is 2.21 bits per heavy atom. The lowest BCUT2D eigenvalue weighted by atomic mass is 10.3.